The summed E-state index contributed by atoms with van der Waals surface area (Å²) in [6.45, 7) is 4.69. The summed E-state index contributed by atoms with van der Waals surface area (Å²) in [4.78, 5) is 27.9. The first-order valence-corrected chi connectivity index (χ1v) is 6.29. The number of rotatable bonds is 2. The van der Waals surface area contributed by atoms with Gasteiger partial charge in [-0.05, 0) is 32.4 Å². The van der Waals surface area contributed by atoms with E-state index in [2.05, 4.69) is 4.98 Å². The van der Waals surface area contributed by atoms with Gasteiger partial charge in [0.2, 0.25) is 0 Å². The standard InChI is InChI=1S/C14H13ClN2O3/c1-7-6-16-12(15)5-10(7)17-8(2)4-11(19)13(9(3)18)14(17)20/h4-6,19H,1-3H3. The van der Waals surface area contributed by atoms with Crippen LogP contribution in [0.4, 0.5) is 0 Å². The van der Waals surface area contributed by atoms with Gasteiger partial charge in [0.1, 0.15) is 16.5 Å². The molecule has 5 nitrogen and oxygen atoms in total. The number of ketones is 1. The molecule has 0 amide bonds. The van der Waals surface area contributed by atoms with Crippen LogP contribution in [-0.2, 0) is 0 Å². The second-order valence-corrected chi connectivity index (χ2v) is 4.92. The maximum atomic E-state index is 12.4. The molecule has 0 aliphatic heterocycles. The van der Waals surface area contributed by atoms with Crippen molar-refractivity contribution in [3.05, 3.63) is 50.7 Å². The maximum Gasteiger partial charge on any atom is 0.269 e. The summed E-state index contributed by atoms with van der Waals surface area (Å²) in [6.07, 6.45) is 1.55. The Hall–Kier alpha value is -2.14. The molecule has 104 valence electrons. The summed E-state index contributed by atoms with van der Waals surface area (Å²) in [5.74, 6) is -0.798. The van der Waals surface area contributed by atoms with Crippen molar-refractivity contribution >= 4 is 17.4 Å². The number of pyridine rings is 2. The third-order valence-electron chi connectivity index (χ3n) is 3.01. The van der Waals surface area contributed by atoms with Gasteiger partial charge in [0, 0.05) is 18.0 Å². The predicted molar refractivity (Wildman–Crippen MR) is 76.0 cm³/mol. The number of aryl methyl sites for hydroxylation is 2. The fourth-order valence-corrected chi connectivity index (χ4v) is 2.23. The molecule has 0 atom stereocenters. The van der Waals surface area contributed by atoms with Crippen LogP contribution in [0.15, 0.2) is 23.1 Å². The zero-order valence-electron chi connectivity index (χ0n) is 11.3. The fourth-order valence-electron chi connectivity index (χ4n) is 2.08. The van der Waals surface area contributed by atoms with Gasteiger partial charge in [0.25, 0.3) is 5.56 Å². The van der Waals surface area contributed by atoms with E-state index in [9.17, 15) is 14.7 Å². The lowest BCUT2D eigenvalue weighted by Gasteiger charge is -2.14. The molecule has 0 unspecified atom stereocenters. The second-order valence-electron chi connectivity index (χ2n) is 4.54. The molecule has 2 aromatic rings. The van der Waals surface area contributed by atoms with Crippen molar-refractivity contribution in [1.29, 1.82) is 0 Å². The SMILES string of the molecule is CC(=O)c1c(O)cc(C)n(-c2cc(Cl)ncc2C)c1=O. The van der Waals surface area contributed by atoms with E-state index in [1.807, 2.05) is 0 Å². The molecule has 2 aromatic heterocycles. The number of carbonyl (C=O) groups excluding carboxylic acids is 1. The molecule has 0 saturated heterocycles. The molecule has 0 radical (unpaired) electrons. The number of Topliss-reactive ketones (excluding diaryl/α,β-unsaturated/α-hetero) is 1. The lowest BCUT2D eigenvalue weighted by atomic mass is 10.1. The van der Waals surface area contributed by atoms with Gasteiger partial charge in [-0.25, -0.2) is 4.98 Å². The molecule has 2 rings (SSSR count). The van der Waals surface area contributed by atoms with E-state index in [0.29, 0.717) is 11.4 Å². The Bertz CT molecular complexity index is 766. The van der Waals surface area contributed by atoms with Crippen LogP contribution >= 0.6 is 11.6 Å². The van der Waals surface area contributed by atoms with Gasteiger partial charge < -0.3 is 5.11 Å². The number of hydrogen-bond acceptors (Lipinski definition) is 4. The van der Waals surface area contributed by atoms with Crippen LogP contribution in [0.25, 0.3) is 5.69 Å². The summed E-state index contributed by atoms with van der Waals surface area (Å²) in [5, 5.41) is 10.0. The Balaban J connectivity index is 2.88. The van der Waals surface area contributed by atoms with Crippen molar-refractivity contribution in [3.8, 4) is 11.4 Å². The highest BCUT2D eigenvalue weighted by Crippen LogP contribution is 2.21. The minimum absolute atomic E-state index is 0.233. The van der Waals surface area contributed by atoms with Crippen LogP contribution in [0.3, 0.4) is 0 Å². The number of nitrogens with zero attached hydrogens (tertiary/aromatic N) is 2. The molecule has 0 bridgehead atoms. The highest BCUT2D eigenvalue weighted by molar-refractivity contribution is 6.29. The maximum absolute atomic E-state index is 12.4. The topological polar surface area (TPSA) is 72.2 Å². The third kappa shape index (κ3) is 2.32. The largest absolute Gasteiger partial charge is 0.507 e. The van der Waals surface area contributed by atoms with Gasteiger partial charge in [-0.3, -0.25) is 14.2 Å². The summed E-state index contributed by atoms with van der Waals surface area (Å²) in [7, 11) is 0. The van der Waals surface area contributed by atoms with Gasteiger partial charge in [-0.2, -0.15) is 0 Å². The first-order valence-electron chi connectivity index (χ1n) is 5.92. The number of hydrogen-bond donors (Lipinski definition) is 1. The van der Waals surface area contributed by atoms with Gasteiger partial charge in [-0.15, -0.1) is 0 Å². The van der Waals surface area contributed by atoms with E-state index in [1.165, 1.54) is 17.6 Å². The molecule has 0 saturated carbocycles. The van der Waals surface area contributed by atoms with Gasteiger partial charge >= 0.3 is 0 Å². The van der Waals surface area contributed by atoms with E-state index in [-0.39, 0.29) is 16.5 Å². The van der Waals surface area contributed by atoms with Crippen molar-refractivity contribution in [2.45, 2.75) is 20.8 Å². The first kappa shape index (κ1) is 14.3. The average molecular weight is 293 g/mol. The van der Waals surface area contributed by atoms with E-state index in [4.69, 9.17) is 11.6 Å². The Labute approximate surface area is 120 Å². The van der Waals surface area contributed by atoms with Crippen LogP contribution in [0, 0.1) is 13.8 Å². The van der Waals surface area contributed by atoms with Crippen LogP contribution in [0.1, 0.15) is 28.5 Å². The van der Waals surface area contributed by atoms with Crippen molar-refractivity contribution < 1.29 is 9.90 Å². The molecule has 20 heavy (non-hydrogen) atoms. The Kier molecular flexibility index (Phi) is 3.63. The molecular weight excluding hydrogens is 280 g/mol. The molecular formula is C14H13ClN2O3. The highest BCUT2D eigenvalue weighted by atomic mass is 35.5. The van der Waals surface area contributed by atoms with Gasteiger partial charge in [0.05, 0.1) is 5.69 Å². The van der Waals surface area contributed by atoms with Crippen LogP contribution < -0.4 is 5.56 Å². The van der Waals surface area contributed by atoms with Crippen LogP contribution in [-0.4, -0.2) is 20.4 Å². The van der Waals surface area contributed by atoms with Crippen LogP contribution in [0.5, 0.6) is 5.75 Å². The summed E-state index contributed by atoms with van der Waals surface area (Å²) in [5.41, 5.74) is 0.973. The van der Waals surface area contributed by atoms with E-state index >= 15 is 0 Å². The van der Waals surface area contributed by atoms with E-state index in [1.54, 1.807) is 26.1 Å². The van der Waals surface area contributed by atoms with Gasteiger partial charge in [0.15, 0.2) is 5.78 Å². The molecule has 6 heteroatoms. The van der Waals surface area contributed by atoms with Crippen molar-refractivity contribution in [1.82, 2.24) is 9.55 Å². The minimum Gasteiger partial charge on any atom is -0.507 e. The first-order chi connectivity index (χ1) is 9.32. The monoisotopic (exact) mass is 292 g/mol. The molecule has 0 fully saturated rings. The zero-order chi connectivity index (χ0) is 15.0. The van der Waals surface area contributed by atoms with Crippen molar-refractivity contribution in [2.24, 2.45) is 0 Å². The average Bonchev–Trinajstić information content (AvgIpc) is 2.32. The molecule has 2 heterocycles. The Morgan fingerprint density at radius 3 is 2.60 bits per heavy atom. The number of carbonyl (C=O) groups is 1. The Morgan fingerprint density at radius 1 is 1.35 bits per heavy atom. The summed E-state index contributed by atoms with van der Waals surface area (Å²) >= 11 is 5.86. The summed E-state index contributed by atoms with van der Waals surface area (Å²) < 4.78 is 1.35. The fraction of sp³-hybridized carbons (Fsp3) is 0.214. The smallest absolute Gasteiger partial charge is 0.269 e. The highest BCUT2D eigenvalue weighted by Gasteiger charge is 2.18. The Morgan fingerprint density at radius 2 is 2.00 bits per heavy atom. The molecule has 0 spiro atoms. The van der Waals surface area contributed by atoms with Crippen molar-refractivity contribution in [3.63, 3.8) is 0 Å². The number of halogens is 1. The number of aromatic nitrogens is 2. The summed E-state index contributed by atoms with van der Waals surface area (Å²) in [6, 6.07) is 2.93. The third-order valence-corrected chi connectivity index (χ3v) is 3.21. The molecule has 0 aliphatic carbocycles. The molecule has 1 N–H and O–H groups in total. The quantitative estimate of drug-likeness (QED) is 0.681. The molecule has 0 aromatic carbocycles. The number of aromatic hydroxyl groups is 1. The molecule has 0 aliphatic rings. The van der Waals surface area contributed by atoms with Crippen molar-refractivity contribution in [2.75, 3.05) is 0 Å². The minimum atomic E-state index is -0.569. The van der Waals surface area contributed by atoms with E-state index < -0.39 is 11.3 Å². The van der Waals surface area contributed by atoms with E-state index in [0.717, 1.165) is 5.56 Å². The second kappa shape index (κ2) is 5.09. The van der Waals surface area contributed by atoms with Gasteiger partial charge in [-0.1, -0.05) is 11.6 Å². The lowest BCUT2D eigenvalue weighted by molar-refractivity contribution is 0.101. The zero-order valence-corrected chi connectivity index (χ0v) is 12.0. The van der Waals surface area contributed by atoms with Crippen LogP contribution in [0.2, 0.25) is 5.15 Å². The normalized spacial score (nSPS) is 10.6. The lowest BCUT2D eigenvalue weighted by Crippen LogP contribution is -2.26. The predicted octanol–water partition coefficient (Wildman–Crippen LogP) is 2.41.